The van der Waals surface area contributed by atoms with Crippen molar-refractivity contribution in [1.29, 1.82) is 0 Å². The predicted octanol–water partition coefficient (Wildman–Crippen LogP) is 3.79. The van der Waals surface area contributed by atoms with Crippen LogP contribution in [0.4, 0.5) is 16.2 Å². The summed E-state index contributed by atoms with van der Waals surface area (Å²) in [6.45, 7) is 0. The lowest BCUT2D eigenvalue weighted by molar-refractivity contribution is 0.258. The van der Waals surface area contributed by atoms with Crippen LogP contribution in [0.2, 0.25) is 0 Å². The Hall–Kier alpha value is -2.55. The van der Waals surface area contributed by atoms with Crippen molar-refractivity contribution in [2.75, 3.05) is 10.2 Å². The van der Waals surface area contributed by atoms with E-state index in [1.165, 1.54) is 0 Å². The van der Waals surface area contributed by atoms with Gasteiger partial charge in [0.15, 0.2) is 0 Å². The summed E-state index contributed by atoms with van der Waals surface area (Å²) in [6, 6.07) is 17.3. The van der Waals surface area contributed by atoms with Gasteiger partial charge in [-0.2, -0.15) is 0 Å². The summed E-state index contributed by atoms with van der Waals surface area (Å²) >= 11 is 0. The smallest absolute Gasteiger partial charge is 0.307 e. The van der Waals surface area contributed by atoms with Gasteiger partial charge in [-0.1, -0.05) is 42.5 Å². The second kappa shape index (κ2) is 4.98. The molecule has 2 aromatic carbocycles. The van der Waals surface area contributed by atoms with Gasteiger partial charge in [0.2, 0.25) is 0 Å². The van der Waals surface area contributed by atoms with E-state index in [2.05, 4.69) is 5.32 Å². The molecule has 0 aromatic heterocycles. The summed E-state index contributed by atoms with van der Waals surface area (Å²) in [4.78, 5) is 13.9. The molecular weight excluding hydrogens is 236 g/mol. The highest BCUT2D eigenvalue weighted by Crippen LogP contribution is 2.26. The number of hydrogen-bond donors (Lipinski definition) is 1. The number of fused-ring (bicyclic) bond motifs is 1. The van der Waals surface area contributed by atoms with Crippen LogP contribution in [0.1, 0.15) is 5.56 Å². The van der Waals surface area contributed by atoms with E-state index in [9.17, 15) is 4.79 Å². The Bertz CT molecular complexity index is 620. The molecule has 3 heteroatoms. The molecule has 0 saturated carbocycles. The Labute approximate surface area is 112 Å². The van der Waals surface area contributed by atoms with Crippen LogP contribution in [0.3, 0.4) is 0 Å². The molecule has 1 N–H and O–H groups in total. The summed E-state index contributed by atoms with van der Waals surface area (Å²) in [5.41, 5.74) is 2.90. The fraction of sp³-hybridized carbons (Fsp3) is 0.0625. The number of allylic oxidation sites excluding steroid dienone is 1. The van der Waals surface area contributed by atoms with Crippen LogP contribution < -0.4 is 10.2 Å². The van der Waals surface area contributed by atoms with Crippen LogP contribution in [0, 0.1) is 0 Å². The van der Waals surface area contributed by atoms with E-state index in [0.29, 0.717) is 0 Å². The van der Waals surface area contributed by atoms with Gasteiger partial charge in [0.25, 0.3) is 0 Å². The Morgan fingerprint density at radius 3 is 2.58 bits per heavy atom. The number of urea groups is 1. The van der Waals surface area contributed by atoms with E-state index < -0.39 is 0 Å². The van der Waals surface area contributed by atoms with E-state index in [4.69, 9.17) is 0 Å². The minimum atomic E-state index is -0.144. The van der Waals surface area contributed by atoms with E-state index in [0.717, 1.165) is 23.4 Å². The van der Waals surface area contributed by atoms with Gasteiger partial charge in [-0.25, -0.2) is 4.79 Å². The number of benzene rings is 2. The summed E-state index contributed by atoms with van der Waals surface area (Å²) in [6.07, 6.45) is 4.68. The average molecular weight is 250 g/mol. The molecule has 0 spiro atoms. The molecule has 0 fully saturated rings. The summed E-state index contributed by atoms with van der Waals surface area (Å²) < 4.78 is 0. The number of amides is 2. The van der Waals surface area contributed by atoms with Gasteiger partial charge in [-0.15, -0.1) is 0 Å². The van der Waals surface area contributed by atoms with Crippen LogP contribution in [0.15, 0.2) is 66.9 Å². The Morgan fingerprint density at radius 2 is 1.74 bits per heavy atom. The zero-order chi connectivity index (χ0) is 13.1. The third kappa shape index (κ3) is 2.36. The summed E-state index contributed by atoms with van der Waals surface area (Å²) in [7, 11) is 0. The third-order valence-electron chi connectivity index (χ3n) is 3.09. The molecular formula is C16H14N2O. The Balaban J connectivity index is 1.84. The van der Waals surface area contributed by atoms with E-state index in [-0.39, 0.29) is 6.03 Å². The molecule has 0 aliphatic carbocycles. The fourth-order valence-corrected chi connectivity index (χ4v) is 2.17. The minimum absolute atomic E-state index is 0.144. The molecule has 2 aromatic rings. The van der Waals surface area contributed by atoms with Crippen LogP contribution in [0.25, 0.3) is 0 Å². The number of anilines is 2. The van der Waals surface area contributed by atoms with Gasteiger partial charge in [0.05, 0.1) is 5.69 Å². The zero-order valence-corrected chi connectivity index (χ0v) is 10.4. The lowest BCUT2D eigenvalue weighted by Gasteiger charge is -2.24. The van der Waals surface area contributed by atoms with Gasteiger partial charge in [0, 0.05) is 11.9 Å². The molecule has 2 amide bonds. The first-order valence-corrected chi connectivity index (χ1v) is 6.24. The van der Waals surface area contributed by atoms with E-state index >= 15 is 0 Å². The van der Waals surface area contributed by atoms with Gasteiger partial charge in [-0.3, -0.25) is 4.90 Å². The number of carbonyl (C=O) groups excluding carboxylic acids is 1. The quantitative estimate of drug-likeness (QED) is 0.820. The zero-order valence-electron chi connectivity index (χ0n) is 10.4. The average Bonchev–Trinajstić information content (AvgIpc) is 2.47. The maximum atomic E-state index is 12.3. The van der Waals surface area contributed by atoms with Crippen molar-refractivity contribution < 1.29 is 4.79 Å². The first kappa shape index (κ1) is 11.5. The molecule has 3 rings (SSSR count). The van der Waals surface area contributed by atoms with Gasteiger partial charge < -0.3 is 5.32 Å². The first-order chi connectivity index (χ1) is 9.34. The molecule has 94 valence electrons. The highest BCUT2D eigenvalue weighted by molar-refractivity contribution is 6.03. The Morgan fingerprint density at radius 1 is 1.00 bits per heavy atom. The monoisotopic (exact) mass is 250 g/mol. The maximum absolute atomic E-state index is 12.3. The number of nitrogens with one attached hydrogen (secondary N) is 1. The standard InChI is InChI=1S/C16H14N2O/c19-16(17-14-9-2-1-3-10-14)18-12-6-8-13-7-4-5-11-15(13)18/h1-7,9-12H,8H2,(H,17,19). The van der Waals surface area contributed by atoms with E-state index in [1.807, 2.05) is 66.9 Å². The third-order valence-corrected chi connectivity index (χ3v) is 3.09. The van der Waals surface area contributed by atoms with Gasteiger partial charge >= 0.3 is 6.03 Å². The number of para-hydroxylation sites is 2. The number of nitrogens with zero attached hydrogens (tertiary/aromatic N) is 1. The van der Waals surface area contributed by atoms with Crippen molar-refractivity contribution >= 4 is 17.4 Å². The molecule has 0 saturated heterocycles. The molecule has 0 unspecified atom stereocenters. The van der Waals surface area contributed by atoms with Gasteiger partial charge in [0.1, 0.15) is 0 Å². The molecule has 1 aliphatic rings. The van der Waals surface area contributed by atoms with Crippen molar-refractivity contribution in [3.05, 3.63) is 72.4 Å². The predicted molar refractivity (Wildman–Crippen MR) is 77.2 cm³/mol. The molecule has 3 nitrogen and oxygen atoms in total. The SMILES string of the molecule is O=C(Nc1ccccc1)N1C=CCc2ccccc21. The minimum Gasteiger partial charge on any atom is -0.307 e. The number of carbonyl (C=O) groups is 1. The lowest BCUT2D eigenvalue weighted by atomic mass is 10.1. The van der Waals surface area contributed by atoms with Crippen LogP contribution >= 0.6 is 0 Å². The first-order valence-electron chi connectivity index (χ1n) is 6.24. The van der Waals surface area contributed by atoms with Crippen LogP contribution in [0.5, 0.6) is 0 Å². The van der Waals surface area contributed by atoms with Gasteiger partial charge in [-0.05, 0) is 30.2 Å². The van der Waals surface area contributed by atoms with E-state index in [1.54, 1.807) is 4.90 Å². The Kier molecular flexibility index (Phi) is 3.02. The molecule has 1 aliphatic heterocycles. The fourth-order valence-electron chi connectivity index (χ4n) is 2.17. The lowest BCUT2D eigenvalue weighted by Crippen LogP contribution is -2.32. The van der Waals surface area contributed by atoms with Crippen molar-refractivity contribution in [3.63, 3.8) is 0 Å². The van der Waals surface area contributed by atoms with Crippen LogP contribution in [-0.2, 0) is 6.42 Å². The molecule has 0 radical (unpaired) electrons. The highest BCUT2D eigenvalue weighted by atomic mass is 16.2. The van der Waals surface area contributed by atoms with Crippen molar-refractivity contribution in [2.45, 2.75) is 6.42 Å². The molecule has 0 atom stereocenters. The normalized spacial score (nSPS) is 12.9. The number of rotatable bonds is 1. The largest absolute Gasteiger partial charge is 0.330 e. The second-order valence-electron chi connectivity index (χ2n) is 4.38. The molecule has 0 bridgehead atoms. The molecule has 1 heterocycles. The second-order valence-corrected chi connectivity index (χ2v) is 4.38. The summed E-state index contributed by atoms with van der Waals surface area (Å²) in [5.74, 6) is 0. The maximum Gasteiger partial charge on any atom is 0.330 e. The van der Waals surface area contributed by atoms with Crippen molar-refractivity contribution in [1.82, 2.24) is 0 Å². The van der Waals surface area contributed by atoms with Crippen molar-refractivity contribution in [3.8, 4) is 0 Å². The van der Waals surface area contributed by atoms with Crippen LogP contribution in [-0.4, -0.2) is 6.03 Å². The number of hydrogen-bond acceptors (Lipinski definition) is 1. The molecule has 19 heavy (non-hydrogen) atoms. The topological polar surface area (TPSA) is 32.3 Å². The van der Waals surface area contributed by atoms with Crippen molar-refractivity contribution in [2.24, 2.45) is 0 Å². The highest BCUT2D eigenvalue weighted by Gasteiger charge is 2.18. The summed E-state index contributed by atoms with van der Waals surface area (Å²) in [5, 5.41) is 2.89.